The number of nitrogens with zero attached hydrogens (tertiary/aromatic N) is 2. The molecule has 0 bridgehead atoms. The van der Waals surface area contributed by atoms with Crippen LogP contribution in [0.1, 0.15) is 24.4 Å². The Bertz CT molecular complexity index is 573. The molecule has 17 heavy (non-hydrogen) atoms. The summed E-state index contributed by atoms with van der Waals surface area (Å²) in [6.45, 7) is 4.51. The van der Waals surface area contributed by atoms with Crippen molar-refractivity contribution in [1.29, 1.82) is 0 Å². The van der Waals surface area contributed by atoms with Crippen LogP contribution in [0.2, 0.25) is 0 Å². The van der Waals surface area contributed by atoms with E-state index in [0.717, 1.165) is 16.3 Å². The van der Waals surface area contributed by atoms with Gasteiger partial charge in [0.05, 0.1) is 23.5 Å². The lowest BCUT2D eigenvalue weighted by molar-refractivity contribution is -0.124. The van der Waals surface area contributed by atoms with E-state index in [9.17, 15) is 4.79 Å². The summed E-state index contributed by atoms with van der Waals surface area (Å²) >= 11 is 1.62. The van der Waals surface area contributed by atoms with Crippen LogP contribution in [0.5, 0.6) is 0 Å². The molecule has 5 nitrogen and oxygen atoms in total. The molecule has 2 aromatic heterocycles. The van der Waals surface area contributed by atoms with Crippen LogP contribution in [-0.4, -0.2) is 27.9 Å². The van der Waals surface area contributed by atoms with Crippen LogP contribution < -0.4 is 10.6 Å². The second kappa shape index (κ2) is 3.82. The maximum Gasteiger partial charge on any atom is 0.236 e. The molecule has 1 saturated heterocycles. The van der Waals surface area contributed by atoms with Crippen molar-refractivity contribution in [3.63, 3.8) is 0 Å². The molecule has 3 rings (SSSR count). The molecule has 3 heterocycles. The standard InChI is InChI=1S/C11H14N4OS/c1-6-9(15-3-4-17-11(15)14-6)8-5-12-10(16)7(2)13-8/h3-4,7-8,13H,5H2,1-2H3,(H,12,16)/t7-,8?/m0/s1. The molecule has 0 radical (unpaired) electrons. The molecule has 2 atom stereocenters. The lowest BCUT2D eigenvalue weighted by Crippen LogP contribution is -2.53. The summed E-state index contributed by atoms with van der Waals surface area (Å²) in [4.78, 5) is 16.9. The Hall–Kier alpha value is -1.40. The van der Waals surface area contributed by atoms with Gasteiger partial charge in [-0.2, -0.15) is 0 Å². The van der Waals surface area contributed by atoms with E-state index in [1.165, 1.54) is 0 Å². The van der Waals surface area contributed by atoms with Crippen molar-refractivity contribution in [3.8, 4) is 0 Å². The molecule has 1 aliphatic heterocycles. The van der Waals surface area contributed by atoms with Gasteiger partial charge in [-0.3, -0.25) is 14.5 Å². The predicted octanol–water partition coefficient (Wildman–Crippen LogP) is 0.853. The predicted molar refractivity (Wildman–Crippen MR) is 66.2 cm³/mol. The minimum absolute atomic E-state index is 0.0602. The number of carbonyl (C=O) groups excluding carboxylic acids is 1. The monoisotopic (exact) mass is 250 g/mol. The van der Waals surface area contributed by atoms with Gasteiger partial charge < -0.3 is 5.32 Å². The number of nitrogens with one attached hydrogen (secondary N) is 2. The number of piperazine rings is 1. The Morgan fingerprint density at radius 2 is 2.41 bits per heavy atom. The first-order valence-corrected chi connectivity index (χ1v) is 6.50. The van der Waals surface area contributed by atoms with Crippen molar-refractivity contribution in [2.45, 2.75) is 25.9 Å². The fraction of sp³-hybridized carbons (Fsp3) is 0.455. The highest BCUT2D eigenvalue weighted by atomic mass is 32.1. The summed E-state index contributed by atoms with van der Waals surface area (Å²) in [5, 5.41) is 8.26. The van der Waals surface area contributed by atoms with Gasteiger partial charge in [-0.05, 0) is 13.8 Å². The smallest absolute Gasteiger partial charge is 0.236 e. The second-order valence-electron chi connectivity index (χ2n) is 4.32. The normalized spacial score (nSPS) is 25.2. The summed E-state index contributed by atoms with van der Waals surface area (Å²) in [6, 6.07) is -0.0235. The Labute approximate surface area is 103 Å². The van der Waals surface area contributed by atoms with Crippen molar-refractivity contribution >= 4 is 22.2 Å². The minimum Gasteiger partial charge on any atom is -0.353 e. The molecule has 0 spiro atoms. The molecule has 0 aromatic carbocycles. The highest BCUT2D eigenvalue weighted by Gasteiger charge is 2.28. The molecule has 1 amide bonds. The maximum absolute atomic E-state index is 11.4. The van der Waals surface area contributed by atoms with Gasteiger partial charge in [-0.15, -0.1) is 11.3 Å². The Morgan fingerprint density at radius 3 is 3.18 bits per heavy atom. The van der Waals surface area contributed by atoms with E-state index in [1.807, 2.05) is 25.4 Å². The average molecular weight is 250 g/mol. The number of amides is 1. The van der Waals surface area contributed by atoms with E-state index in [-0.39, 0.29) is 18.0 Å². The largest absolute Gasteiger partial charge is 0.353 e. The zero-order valence-corrected chi connectivity index (χ0v) is 10.5. The van der Waals surface area contributed by atoms with E-state index in [2.05, 4.69) is 20.0 Å². The quantitative estimate of drug-likeness (QED) is 0.789. The van der Waals surface area contributed by atoms with Gasteiger partial charge in [0, 0.05) is 18.1 Å². The van der Waals surface area contributed by atoms with Gasteiger partial charge in [0.2, 0.25) is 5.91 Å². The summed E-state index contributed by atoms with van der Waals surface area (Å²) in [5.74, 6) is 0.0602. The summed E-state index contributed by atoms with van der Waals surface area (Å²) in [6.07, 6.45) is 2.03. The van der Waals surface area contributed by atoms with Gasteiger partial charge in [-0.1, -0.05) is 0 Å². The van der Waals surface area contributed by atoms with E-state index in [0.29, 0.717) is 6.54 Å². The van der Waals surface area contributed by atoms with Crippen molar-refractivity contribution in [2.24, 2.45) is 0 Å². The highest BCUT2D eigenvalue weighted by Crippen LogP contribution is 2.23. The Kier molecular flexibility index (Phi) is 2.41. The zero-order valence-electron chi connectivity index (χ0n) is 9.73. The fourth-order valence-corrected chi connectivity index (χ4v) is 3.07. The number of aryl methyl sites for hydroxylation is 1. The first-order valence-electron chi connectivity index (χ1n) is 5.62. The number of imidazole rings is 1. The van der Waals surface area contributed by atoms with E-state index >= 15 is 0 Å². The van der Waals surface area contributed by atoms with E-state index in [4.69, 9.17) is 0 Å². The van der Waals surface area contributed by atoms with E-state index in [1.54, 1.807) is 11.3 Å². The fourth-order valence-electron chi connectivity index (χ4n) is 2.30. The molecule has 6 heteroatoms. The molecule has 1 fully saturated rings. The second-order valence-corrected chi connectivity index (χ2v) is 5.20. The lowest BCUT2D eigenvalue weighted by atomic mass is 10.1. The van der Waals surface area contributed by atoms with Crippen molar-refractivity contribution < 1.29 is 4.79 Å². The first kappa shape index (κ1) is 10.7. The SMILES string of the molecule is Cc1nc2sccn2c1C1CNC(=O)[C@H](C)N1. The molecular weight excluding hydrogens is 236 g/mol. The van der Waals surface area contributed by atoms with Crippen LogP contribution in [0.4, 0.5) is 0 Å². The van der Waals surface area contributed by atoms with Crippen LogP contribution in [0.25, 0.3) is 4.96 Å². The third kappa shape index (κ3) is 1.64. The van der Waals surface area contributed by atoms with Gasteiger partial charge in [0.1, 0.15) is 0 Å². The molecule has 90 valence electrons. The number of aromatic nitrogens is 2. The number of thiazole rings is 1. The molecule has 2 N–H and O–H groups in total. The van der Waals surface area contributed by atoms with Crippen LogP contribution in [0.3, 0.4) is 0 Å². The summed E-state index contributed by atoms with van der Waals surface area (Å²) in [7, 11) is 0. The van der Waals surface area contributed by atoms with E-state index < -0.39 is 0 Å². The summed E-state index contributed by atoms with van der Waals surface area (Å²) < 4.78 is 2.10. The molecule has 0 saturated carbocycles. The van der Waals surface area contributed by atoms with Crippen molar-refractivity contribution in [2.75, 3.05) is 6.54 Å². The third-order valence-electron chi connectivity index (χ3n) is 3.14. The van der Waals surface area contributed by atoms with Gasteiger partial charge in [0.25, 0.3) is 0 Å². The molecule has 2 aromatic rings. The van der Waals surface area contributed by atoms with Crippen LogP contribution in [-0.2, 0) is 4.79 Å². The number of carbonyl (C=O) groups is 1. The van der Waals surface area contributed by atoms with Gasteiger partial charge in [0.15, 0.2) is 4.96 Å². The topological polar surface area (TPSA) is 58.4 Å². The number of hydrogen-bond acceptors (Lipinski definition) is 4. The van der Waals surface area contributed by atoms with Crippen LogP contribution in [0.15, 0.2) is 11.6 Å². The molecular formula is C11H14N4OS. The first-order chi connectivity index (χ1) is 8.16. The lowest BCUT2D eigenvalue weighted by Gasteiger charge is -2.28. The highest BCUT2D eigenvalue weighted by molar-refractivity contribution is 7.15. The van der Waals surface area contributed by atoms with Crippen LogP contribution in [0, 0.1) is 6.92 Å². The zero-order chi connectivity index (χ0) is 12.0. The average Bonchev–Trinajstić information content (AvgIpc) is 2.82. The van der Waals surface area contributed by atoms with Gasteiger partial charge in [-0.25, -0.2) is 4.98 Å². The number of hydrogen-bond donors (Lipinski definition) is 2. The van der Waals surface area contributed by atoms with Crippen LogP contribution >= 0.6 is 11.3 Å². The minimum atomic E-state index is -0.155. The Balaban J connectivity index is 2.00. The molecule has 1 unspecified atom stereocenters. The number of rotatable bonds is 1. The Morgan fingerprint density at radius 1 is 1.59 bits per heavy atom. The van der Waals surface area contributed by atoms with Crippen molar-refractivity contribution in [1.82, 2.24) is 20.0 Å². The molecule has 0 aliphatic carbocycles. The maximum atomic E-state index is 11.4. The van der Waals surface area contributed by atoms with Crippen molar-refractivity contribution in [3.05, 3.63) is 23.0 Å². The van der Waals surface area contributed by atoms with Gasteiger partial charge >= 0.3 is 0 Å². The molecule has 1 aliphatic rings. The number of fused-ring (bicyclic) bond motifs is 1. The summed E-state index contributed by atoms with van der Waals surface area (Å²) in [5.41, 5.74) is 2.17. The third-order valence-corrected chi connectivity index (χ3v) is 3.89.